The lowest BCUT2D eigenvalue weighted by Crippen LogP contribution is -2.38. The predicted octanol–water partition coefficient (Wildman–Crippen LogP) is 2.07. The molecule has 0 heterocycles. The van der Waals surface area contributed by atoms with Crippen molar-refractivity contribution in [1.82, 2.24) is 5.32 Å². The standard InChI is InChI=1S/C8H8BrIN4O/c9-4-2-1-3-5(10)6(4)13-7(11)14-8(12)15/h1-3H,(H5,11,12,13,14,15). The van der Waals surface area contributed by atoms with Gasteiger partial charge < -0.3 is 11.1 Å². The molecular weight excluding hydrogens is 375 g/mol. The van der Waals surface area contributed by atoms with E-state index in [4.69, 9.17) is 11.1 Å². The van der Waals surface area contributed by atoms with Crippen molar-refractivity contribution in [3.63, 3.8) is 0 Å². The third-order valence-corrected chi connectivity index (χ3v) is 3.02. The molecular formula is C8H8BrIN4O. The molecule has 5 nitrogen and oxygen atoms in total. The first-order valence-electron chi connectivity index (χ1n) is 3.86. The minimum atomic E-state index is -0.769. The highest BCUT2D eigenvalue weighted by molar-refractivity contribution is 14.1. The smallest absolute Gasteiger partial charge is 0.318 e. The second-order valence-corrected chi connectivity index (χ2v) is 4.60. The molecule has 1 rings (SSSR count). The van der Waals surface area contributed by atoms with E-state index < -0.39 is 6.03 Å². The number of guanidine groups is 1. The first kappa shape index (κ1) is 12.2. The Kier molecular flexibility index (Phi) is 4.33. The number of carbonyl (C=O) groups is 1. The van der Waals surface area contributed by atoms with Gasteiger partial charge in [0.25, 0.3) is 0 Å². The van der Waals surface area contributed by atoms with Crippen LogP contribution in [0.1, 0.15) is 0 Å². The number of halogens is 2. The summed E-state index contributed by atoms with van der Waals surface area (Å²) in [6.07, 6.45) is 0. The van der Waals surface area contributed by atoms with E-state index in [1.807, 2.05) is 18.2 Å². The van der Waals surface area contributed by atoms with Crippen LogP contribution >= 0.6 is 38.5 Å². The highest BCUT2D eigenvalue weighted by atomic mass is 127. The number of amides is 2. The van der Waals surface area contributed by atoms with E-state index in [0.29, 0.717) is 0 Å². The molecule has 0 aliphatic heterocycles. The van der Waals surface area contributed by atoms with Crippen LogP contribution in [0.15, 0.2) is 22.7 Å². The van der Waals surface area contributed by atoms with Crippen LogP contribution in [0, 0.1) is 8.98 Å². The van der Waals surface area contributed by atoms with E-state index in [1.54, 1.807) is 0 Å². The van der Waals surface area contributed by atoms with Gasteiger partial charge in [-0.1, -0.05) is 6.07 Å². The van der Waals surface area contributed by atoms with Gasteiger partial charge in [0.1, 0.15) is 0 Å². The molecule has 0 saturated heterocycles. The minimum Gasteiger partial charge on any atom is -0.351 e. The summed E-state index contributed by atoms with van der Waals surface area (Å²) in [7, 11) is 0. The van der Waals surface area contributed by atoms with Gasteiger partial charge in [0, 0.05) is 8.04 Å². The number of benzene rings is 1. The van der Waals surface area contributed by atoms with Crippen LogP contribution in [-0.2, 0) is 0 Å². The van der Waals surface area contributed by atoms with Crippen molar-refractivity contribution in [2.45, 2.75) is 0 Å². The van der Waals surface area contributed by atoms with Gasteiger partial charge in [-0.25, -0.2) is 4.79 Å². The van der Waals surface area contributed by atoms with Gasteiger partial charge in [0.2, 0.25) is 5.96 Å². The molecule has 0 fully saturated rings. The van der Waals surface area contributed by atoms with Crippen molar-refractivity contribution in [3.8, 4) is 0 Å². The number of nitrogens with one attached hydrogen (secondary N) is 3. The fourth-order valence-electron chi connectivity index (χ4n) is 0.897. The number of para-hydroxylation sites is 1. The molecule has 5 N–H and O–H groups in total. The number of primary amides is 1. The van der Waals surface area contributed by atoms with Crippen molar-refractivity contribution in [2.24, 2.45) is 5.73 Å². The van der Waals surface area contributed by atoms with E-state index in [0.717, 1.165) is 13.7 Å². The first-order valence-corrected chi connectivity index (χ1v) is 5.74. The highest BCUT2D eigenvalue weighted by Crippen LogP contribution is 2.27. The predicted molar refractivity (Wildman–Crippen MR) is 70.9 cm³/mol. The zero-order chi connectivity index (χ0) is 11.4. The first-order chi connectivity index (χ1) is 7.00. The number of hydrogen-bond donors (Lipinski definition) is 4. The Labute approximate surface area is 109 Å². The van der Waals surface area contributed by atoms with Gasteiger partial charge in [-0.05, 0) is 50.7 Å². The second-order valence-electron chi connectivity index (χ2n) is 2.59. The maximum atomic E-state index is 10.5. The number of nitrogens with two attached hydrogens (primary N) is 1. The summed E-state index contributed by atoms with van der Waals surface area (Å²) in [5.74, 6) is -0.160. The van der Waals surface area contributed by atoms with Crippen molar-refractivity contribution in [3.05, 3.63) is 26.2 Å². The maximum Gasteiger partial charge on any atom is 0.318 e. The largest absolute Gasteiger partial charge is 0.351 e. The Morgan fingerprint density at radius 1 is 1.53 bits per heavy atom. The molecule has 1 aromatic carbocycles. The molecule has 15 heavy (non-hydrogen) atoms. The summed E-state index contributed by atoms with van der Waals surface area (Å²) in [5, 5.41) is 12.3. The van der Waals surface area contributed by atoms with Gasteiger partial charge in [0.05, 0.1) is 5.69 Å². The Balaban J connectivity index is 2.80. The molecule has 0 saturated carbocycles. The molecule has 7 heteroatoms. The number of urea groups is 1. The van der Waals surface area contributed by atoms with E-state index in [2.05, 4.69) is 49.2 Å². The Morgan fingerprint density at radius 3 is 2.73 bits per heavy atom. The van der Waals surface area contributed by atoms with Gasteiger partial charge in [0.15, 0.2) is 0 Å². The summed E-state index contributed by atoms with van der Waals surface area (Å²) in [5.41, 5.74) is 5.60. The number of carbonyl (C=O) groups excluding carboxylic acids is 1. The van der Waals surface area contributed by atoms with Gasteiger partial charge in [-0.2, -0.15) is 0 Å². The van der Waals surface area contributed by atoms with Crippen LogP contribution in [-0.4, -0.2) is 12.0 Å². The van der Waals surface area contributed by atoms with E-state index in [9.17, 15) is 4.79 Å². The molecule has 0 spiro atoms. The van der Waals surface area contributed by atoms with Crippen LogP contribution in [0.4, 0.5) is 10.5 Å². The Hall–Kier alpha value is -0.830. The van der Waals surface area contributed by atoms with Crippen molar-refractivity contribution >= 4 is 56.2 Å². The molecule has 0 aliphatic rings. The van der Waals surface area contributed by atoms with Crippen LogP contribution in [0.25, 0.3) is 0 Å². The van der Waals surface area contributed by atoms with Gasteiger partial charge >= 0.3 is 6.03 Å². The molecule has 0 atom stereocenters. The monoisotopic (exact) mass is 382 g/mol. The normalized spacial score (nSPS) is 9.47. The molecule has 0 unspecified atom stereocenters. The quantitative estimate of drug-likeness (QED) is 0.340. The molecule has 0 aromatic heterocycles. The van der Waals surface area contributed by atoms with Crippen LogP contribution in [0.5, 0.6) is 0 Å². The van der Waals surface area contributed by atoms with E-state index in [-0.39, 0.29) is 5.96 Å². The molecule has 0 radical (unpaired) electrons. The Bertz CT molecular complexity index is 389. The van der Waals surface area contributed by atoms with Crippen LogP contribution in [0.3, 0.4) is 0 Å². The van der Waals surface area contributed by atoms with Crippen molar-refractivity contribution in [1.29, 1.82) is 5.41 Å². The minimum absolute atomic E-state index is 0.160. The van der Waals surface area contributed by atoms with Gasteiger partial charge in [-0.3, -0.25) is 10.7 Å². The molecule has 0 aliphatic carbocycles. The lowest BCUT2D eigenvalue weighted by Gasteiger charge is -2.11. The average Bonchev–Trinajstić information content (AvgIpc) is 2.10. The lowest BCUT2D eigenvalue weighted by molar-refractivity contribution is 0.253. The molecule has 0 bridgehead atoms. The topological polar surface area (TPSA) is 91.0 Å². The fraction of sp³-hybridized carbons (Fsp3) is 0. The number of hydrogen-bond acceptors (Lipinski definition) is 2. The fourth-order valence-corrected chi connectivity index (χ4v) is 2.37. The average molecular weight is 383 g/mol. The summed E-state index contributed by atoms with van der Waals surface area (Å²) in [4.78, 5) is 10.5. The zero-order valence-electron chi connectivity index (χ0n) is 7.47. The maximum absolute atomic E-state index is 10.5. The molecule has 80 valence electrons. The van der Waals surface area contributed by atoms with Crippen molar-refractivity contribution in [2.75, 3.05) is 5.32 Å². The lowest BCUT2D eigenvalue weighted by atomic mass is 10.3. The zero-order valence-corrected chi connectivity index (χ0v) is 11.2. The van der Waals surface area contributed by atoms with Crippen LogP contribution < -0.4 is 16.4 Å². The second kappa shape index (κ2) is 5.31. The van der Waals surface area contributed by atoms with Gasteiger partial charge in [-0.15, -0.1) is 0 Å². The summed E-state index contributed by atoms with van der Waals surface area (Å²) < 4.78 is 1.74. The number of anilines is 1. The van der Waals surface area contributed by atoms with Crippen LogP contribution in [0.2, 0.25) is 0 Å². The Morgan fingerprint density at radius 2 is 2.20 bits per heavy atom. The molecule has 2 amide bonds. The summed E-state index contributed by atoms with van der Waals surface area (Å²) in [6.45, 7) is 0. The molecule has 1 aromatic rings. The number of rotatable bonds is 1. The van der Waals surface area contributed by atoms with Crippen molar-refractivity contribution < 1.29 is 4.79 Å². The van der Waals surface area contributed by atoms with E-state index >= 15 is 0 Å². The third kappa shape index (κ3) is 3.67. The SMILES string of the molecule is N=C(NC(N)=O)Nc1c(Br)cccc1I. The van der Waals surface area contributed by atoms with E-state index in [1.165, 1.54) is 0 Å². The highest BCUT2D eigenvalue weighted by Gasteiger charge is 2.06. The summed E-state index contributed by atoms with van der Waals surface area (Å²) in [6, 6.07) is 4.82. The summed E-state index contributed by atoms with van der Waals surface area (Å²) >= 11 is 5.45. The third-order valence-electron chi connectivity index (χ3n) is 1.46.